The van der Waals surface area contributed by atoms with E-state index in [0.29, 0.717) is 11.6 Å². The van der Waals surface area contributed by atoms with Crippen LogP contribution in [0, 0.1) is 6.92 Å². The lowest BCUT2D eigenvalue weighted by atomic mass is 9.97. The fourth-order valence-electron chi connectivity index (χ4n) is 2.85. The monoisotopic (exact) mass is 331 g/mol. The van der Waals surface area contributed by atoms with Gasteiger partial charge in [0.15, 0.2) is 5.82 Å². The molecule has 0 spiro atoms. The Labute approximate surface area is 145 Å². The second-order valence-electron chi connectivity index (χ2n) is 5.58. The van der Waals surface area contributed by atoms with Gasteiger partial charge in [0.25, 0.3) is 0 Å². The summed E-state index contributed by atoms with van der Waals surface area (Å²) < 4.78 is 0. The normalized spacial score (nSPS) is 10.9. The molecule has 0 bridgehead atoms. The van der Waals surface area contributed by atoms with Crippen LogP contribution in [-0.2, 0) is 0 Å². The summed E-state index contributed by atoms with van der Waals surface area (Å²) in [6.45, 7) is 1.81. The lowest BCUT2D eigenvalue weighted by Crippen LogP contribution is -1.96. The maximum atomic E-state index is 5.93. The van der Waals surface area contributed by atoms with Crippen LogP contribution in [0.25, 0.3) is 33.3 Å². The molecule has 1 heterocycles. The summed E-state index contributed by atoms with van der Waals surface area (Å²) >= 11 is 5.93. The van der Waals surface area contributed by atoms with Crippen molar-refractivity contribution in [3.63, 3.8) is 0 Å². The van der Waals surface area contributed by atoms with E-state index in [-0.39, 0.29) is 5.28 Å². The molecule has 0 saturated carbocycles. The van der Waals surface area contributed by atoms with E-state index < -0.39 is 0 Å². The molecule has 0 radical (unpaired) electrons. The molecule has 0 N–H and O–H groups in total. The largest absolute Gasteiger partial charge is 0.226 e. The van der Waals surface area contributed by atoms with Crippen LogP contribution in [0.2, 0.25) is 5.28 Å². The summed E-state index contributed by atoms with van der Waals surface area (Å²) in [5, 5.41) is 2.70. The van der Waals surface area contributed by atoms with Crippen LogP contribution < -0.4 is 0 Å². The number of fused-ring (bicyclic) bond motifs is 1. The second kappa shape index (κ2) is 6.02. The number of aryl methyl sites for hydroxylation is 1. The van der Waals surface area contributed by atoms with Crippen LogP contribution in [0.4, 0.5) is 0 Å². The average molecular weight is 332 g/mol. The molecule has 0 aliphatic heterocycles. The lowest BCUT2D eigenvalue weighted by Gasteiger charge is -2.08. The van der Waals surface area contributed by atoms with E-state index in [1.54, 1.807) is 0 Å². The number of rotatable bonds is 2. The molecule has 0 aliphatic rings. The van der Waals surface area contributed by atoms with E-state index in [1.165, 1.54) is 16.3 Å². The first-order chi connectivity index (χ1) is 11.7. The Morgan fingerprint density at radius 1 is 0.708 bits per heavy atom. The van der Waals surface area contributed by atoms with Crippen molar-refractivity contribution in [1.82, 2.24) is 15.0 Å². The van der Waals surface area contributed by atoms with Crippen LogP contribution in [0.3, 0.4) is 0 Å². The molecule has 1 aromatic heterocycles. The summed E-state index contributed by atoms with van der Waals surface area (Å²) in [6, 6.07) is 23.0. The average Bonchev–Trinajstić information content (AvgIpc) is 2.60. The van der Waals surface area contributed by atoms with Gasteiger partial charge in [-0.15, -0.1) is 0 Å². The number of nitrogens with zero attached hydrogens (tertiary/aromatic N) is 3. The molecular formula is C20H14ClN3. The van der Waals surface area contributed by atoms with Crippen molar-refractivity contribution in [2.75, 3.05) is 0 Å². The third-order valence-corrected chi connectivity index (χ3v) is 4.13. The molecule has 3 aromatic carbocycles. The highest BCUT2D eigenvalue weighted by atomic mass is 35.5. The van der Waals surface area contributed by atoms with Gasteiger partial charge in [-0.05, 0) is 40.4 Å². The van der Waals surface area contributed by atoms with Gasteiger partial charge in [-0.2, -0.15) is 4.98 Å². The van der Waals surface area contributed by atoms with Crippen molar-refractivity contribution in [3.8, 4) is 22.5 Å². The zero-order valence-electron chi connectivity index (χ0n) is 13.1. The van der Waals surface area contributed by atoms with Gasteiger partial charge in [-0.25, -0.2) is 9.97 Å². The van der Waals surface area contributed by atoms with Crippen LogP contribution in [0.5, 0.6) is 0 Å². The molecule has 24 heavy (non-hydrogen) atoms. The molecule has 0 fully saturated rings. The van der Waals surface area contributed by atoms with Crippen molar-refractivity contribution >= 4 is 22.4 Å². The number of hydrogen-bond donors (Lipinski definition) is 0. The van der Waals surface area contributed by atoms with Gasteiger partial charge in [-0.1, -0.05) is 66.7 Å². The van der Waals surface area contributed by atoms with Gasteiger partial charge < -0.3 is 0 Å². The highest BCUT2D eigenvalue weighted by Gasteiger charge is 2.07. The highest BCUT2D eigenvalue weighted by Crippen LogP contribution is 2.29. The molecule has 0 saturated heterocycles. The maximum absolute atomic E-state index is 5.93. The summed E-state index contributed by atoms with van der Waals surface area (Å²) in [5.74, 6) is 1.21. The molecule has 4 heteroatoms. The van der Waals surface area contributed by atoms with E-state index in [4.69, 9.17) is 11.6 Å². The maximum Gasteiger partial charge on any atom is 0.226 e. The minimum Gasteiger partial charge on any atom is -0.213 e. The Morgan fingerprint density at radius 2 is 1.42 bits per heavy atom. The molecule has 3 nitrogen and oxygen atoms in total. The highest BCUT2D eigenvalue weighted by molar-refractivity contribution is 6.28. The Morgan fingerprint density at radius 3 is 2.21 bits per heavy atom. The predicted molar refractivity (Wildman–Crippen MR) is 98.0 cm³/mol. The molecule has 116 valence electrons. The fraction of sp³-hybridized carbons (Fsp3) is 0.0500. The van der Waals surface area contributed by atoms with Gasteiger partial charge >= 0.3 is 0 Å². The first-order valence-electron chi connectivity index (χ1n) is 7.67. The van der Waals surface area contributed by atoms with Crippen LogP contribution in [0.1, 0.15) is 5.82 Å². The van der Waals surface area contributed by atoms with Crippen molar-refractivity contribution in [1.29, 1.82) is 0 Å². The first-order valence-corrected chi connectivity index (χ1v) is 8.05. The van der Waals surface area contributed by atoms with Gasteiger partial charge in [0.05, 0.1) is 0 Å². The zero-order valence-corrected chi connectivity index (χ0v) is 13.8. The van der Waals surface area contributed by atoms with E-state index in [0.717, 1.165) is 11.1 Å². The third-order valence-electron chi connectivity index (χ3n) is 3.96. The van der Waals surface area contributed by atoms with Crippen molar-refractivity contribution in [3.05, 3.63) is 77.8 Å². The van der Waals surface area contributed by atoms with Gasteiger partial charge in [0.1, 0.15) is 5.82 Å². The minimum absolute atomic E-state index is 0.218. The summed E-state index contributed by atoms with van der Waals surface area (Å²) in [7, 11) is 0. The summed E-state index contributed by atoms with van der Waals surface area (Å²) in [5.41, 5.74) is 3.29. The number of aromatic nitrogens is 3. The van der Waals surface area contributed by atoms with Crippen LogP contribution >= 0.6 is 11.6 Å². The smallest absolute Gasteiger partial charge is 0.213 e. The Kier molecular flexibility index (Phi) is 3.71. The van der Waals surface area contributed by atoms with Crippen LogP contribution in [-0.4, -0.2) is 15.0 Å². The molecular weight excluding hydrogens is 318 g/mol. The van der Waals surface area contributed by atoms with E-state index in [1.807, 2.05) is 19.1 Å². The number of halogens is 1. The molecule has 4 aromatic rings. The minimum atomic E-state index is 0.218. The van der Waals surface area contributed by atoms with Crippen LogP contribution in [0.15, 0.2) is 66.7 Å². The summed E-state index contributed by atoms with van der Waals surface area (Å²) in [4.78, 5) is 12.6. The lowest BCUT2D eigenvalue weighted by molar-refractivity contribution is 0.984. The van der Waals surface area contributed by atoms with Gasteiger partial charge in [0.2, 0.25) is 5.28 Å². The first kappa shape index (κ1) is 14.8. The third kappa shape index (κ3) is 2.74. The van der Waals surface area contributed by atoms with Crippen molar-refractivity contribution in [2.45, 2.75) is 6.92 Å². The van der Waals surface area contributed by atoms with Crippen molar-refractivity contribution < 1.29 is 0 Å². The topological polar surface area (TPSA) is 38.7 Å². The quantitative estimate of drug-likeness (QED) is 0.499. The van der Waals surface area contributed by atoms with E-state index >= 15 is 0 Å². The SMILES string of the molecule is Cc1nc(Cl)nc(-c2ccc(-c3cccc4ccccc34)cc2)n1. The fourth-order valence-corrected chi connectivity index (χ4v) is 3.06. The summed E-state index contributed by atoms with van der Waals surface area (Å²) in [6.07, 6.45) is 0. The van der Waals surface area contributed by atoms with Gasteiger partial charge in [-0.3, -0.25) is 0 Å². The van der Waals surface area contributed by atoms with Crippen molar-refractivity contribution in [2.24, 2.45) is 0 Å². The standard InChI is InChI=1S/C20H14ClN3/c1-13-22-19(24-20(21)23-13)16-11-9-15(10-12-16)18-8-4-6-14-5-2-3-7-17(14)18/h2-12H,1H3. The number of hydrogen-bond acceptors (Lipinski definition) is 3. The molecule has 0 atom stereocenters. The Balaban J connectivity index is 1.78. The number of benzene rings is 3. The molecule has 0 unspecified atom stereocenters. The zero-order chi connectivity index (χ0) is 16.5. The molecule has 0 amide bonds. The van der Waals surface area contributed by atoms with Gasteiger partial charge in [0, 0.05) is 5.56 Å². The predicted octanol–water partition coefficient (Wildman–Crippen LogP) is 5.32. The Bertz CT molecular complexity index is 1000. The second-order valence-corrected chi connectivity index (χ2v) is 5.92. The molecule has 0 aliphatic carbocycles. The van der Waals surface area contributed by atoms with E-state index in [9.17, 15) is 0 Å². The molecule has 4 rings (SSSR count). The van der Waals surface area contributed by atoms with E-state index in [2.05, 4.69) is 69.5 Å². The Hall–Kier alpha value is -2.78.